The lowest BCUT2D eigenvalue weighted by molar-refractivity contribution is 1.15. The molecule has 0 spiro atoms. The zero-order chi connectivity index (χ0) is 11.8. The molecule has 0 saturated heterocycles. The van der Waals surface area contributed by atoms with E-state index in [0.717, 1.165) is 6.42 Å². The summed E-state index contributed by atoms with van der Waals surface area (Å²) < 4.78 is 1.20. The Morgan fingerprint density at radius 1 is 1.35 bits per heavy atom. The molecule has 2 heteroatoms. The molecule has 0 radical (unpaired) electrons. The topological polar surface area (TPSA) is 0 Å². The van der Waals surface area contributed by atoms with Crippen molar-refractivity contribution in [2.24, 2.45) is 0 Å². The van der Waals surface area contributed by atoms with Crippen molar-refractivity contribution in [2.45, 2.75) is 18.6 Å². The largest absolute Gasteiger partial charge is 0.118 e. The average Bonchev–Trinajstić information content (AvgIpc) is 2.91. The fraction of sp³-hybridized carbons (Fsp3) is 0.200. The number of rotatable bonds is 2. The monoisotopic (exact) mass is 304 g/mol. The third-order valence-electron chi connectivity index (χ3n) is 3.16. The summed E-state index contributed by atoms with van der Waals surface area (Å²) in [5.74, 6) is 0. The number of hydrogen-bond donors (Lipinski definition) is 0. The summed E-state index contributed by atoms with van der Waals surface area (Å²) in [7, 11) is 0. The molecule has 0 saturated carbocycles. The van der Waals surface area contributed by atoms with Crippen LogP contribution in [0.2, 0.25) is 0 Å². The van der Waals surface area contributed by atoms with Crippen LogP contribution in [0.3, 0.4) is 0 Å². The van der Waals surface area contributed by atoms with Gasteiger partial charge in [-0.3, -0.25) is 0 Å². The highest BCUT2D eigenvalue weighted by molar-refractivity contribution is 9.10. The molecule has 0 aromatic heterocycles. The molecule has 1 aromatic carbocycles. The minimum absolute atomic E-state index is 0.494. The molecule has 3 rings (SSSR count). The zero-order valence-electron chi connectivity index (χ0n) is 9.61. The van der Waals surface area contributed by atoms with Gasteiger partial charge in [0.2, 0.25) is 0 Å². The lowest BCUT2D eigenvalue weighted by atomic mass is 10.1. The van der Waals surface area contributed by atoms with Crippen LogP contribution in [0, 0.1) is 0 Å². The molecule has 0 nitrogen and oxygen atoms in total. The number of thioether (sulfide) groups is 1. The van der Waals surface area contributed by atoms with Crippen molar-refractivity contribution in [1.29, 1.82) is 0 Å². The molecular weight excluding hydrogens is 292 g/mol. The fourth-order valence-corrected chi connectivity index (χ4v) is 4.04. The first kappa shape index (κ1) is 11.4. The molecule has 0 bridgehead atoms. The van der Waals surface area contributed by atoms with Gasteiger partial charge in [0.1, 0.15) is 0 Å². The molecule has 0 aliphatic heterocycles. The van der Waals surface area contributed by atoms with Gasteiger partial charge in [0.05, 0.1) is 5.25 Å². The van der Waals surface area contributed by atoms with Crippen LogP contribution >= 0.6 is 27.7 Å². The summed E-state index contributed by atoms with van der Waals surface area (Å²) in [5, 5.41) is 0.494. The van der Waals surface area contributed by atoms with Gasteiger partial charge in [-0.25, -0.2) is 0 Å². The van der Waals surface area contributed by atoms with Gasteiger partial charge in [-0.1, -0.05) is 57.9 Å². The lowest BCUT2D eigenvalue weighted by Gasteiger charge is -2.15. The van der Waals surface area contributed by atoms with Crippen molar-refractivity contribution in [1.82, 2.24) is 0 Å². The molecule has 0 fully saturated rings. The normalized spacial score (nSPS) is 21.4. The highest BCUT2D eigenvalue weighted by Gasteiger charge is 2.25. The van der Waals surface area contributed by atoms with Gasteiger partial charge in [-0.2, -0.15) is 0 Å². The maximum absolute atomic E-state index is 3.63. The first-order chi connectivity index (χ1) is 8.25. The van der Waals surface area contributed by atoms with E-state index in [1.54, 1.807) is 0 Å². The van der Waals surface area contributed by atoms with Gasteiger partial charge < -0.3 is 0 Å². The fourth-order valence-electron chi connectivity index (χ4n) is 2.31. The molecule has 1 unspecified atom stereocenters. The van der Waals surface area contributed by atoms with Crippen LogP contribution in [0.1, 0.15) is 29.7 Å². The van der Waals surface area contributed by atoms with E-state index in [-0.39, 0.29) is 0 Å². The summed E-state index contributed by atoms with van der Waals surface area (Å²) in [6.07, 6.45) is 10.0. The van der Waals surface area contributed by atoms with Crippen LogP contribution in [0.5, 0.6) is 0 Å². The summed E-state index contributed by atoms with van der Waals surface area (Å²) in [6.45, 7) is 2.23. The molecule has 2 aliphatic carbocycles. The highest BCUT2D eigenvalue weighted by Crippen LogP contribution is 2.49. The summed E-state index contributed by atoms with van der Waals surface area (Å²) in [5.41, 5.74) is 4.24. The molecule has 17 heavy (non-hydrogen) atoms. The predicted molar refractivity (Wildman–Crippen MR) is 80.0 cm³/mol. The highest BCUT2D eigenvalue weighted by atomic mass is 79.9. The van der Waals surface area contributed by atoms with Crippen molar-refractivity contribution in [3.05, 3.63) is 62.5 Å². The number of hydrogen-bond acceptors (Lipinski definition) is 1. The van der Waals surface area contributed by atoms with E-state index in [4.69, 9.17) is 0 Å². The van der Waals surface area contributed by atoms with E-state index < -0.39 is 0 Å². The van der Waals surface area contributed by atoms with Crippen LogP contribution in [-0.4, -0.2) is 0 Å². The van der Waals surface area contributed by atoms with Crippen LogP contribution in [0.4, 0.5) is 0 Å². The Balaban J connectivity index is 1.93. The van der Waals surface area contributed by atoms with Crippen LogP contribution in [-0.2, 0) is 0 Å². The Bertz CT molecular complexity index is 552. The smallest absolute Gasteiger partial charge is 0.0557 e. The van der Waals surface area contributed by atoms with Gasteiger partial charge in [-0.15, -0.1) is 11.8 Å². The molecule has 1 atom stereocenters. The Labute approximate surface area is 115 Å². The summed E-state index contributed by atoms with van der Waals surface area (Å²) in [4.78, 5) is 1.47. The van der Waals surface area contributed by atoms with Crippen molar-refractivity contribution < 1.29 is 0 Å². The zero-order valence-corrected chi connectivity index (χ0v) is 12.0. The third-order valence-corrected chi connectivity index (χ3v) is 5.32. The summed E-state index contributed by atoms with van der Waals surface area (Å²) >= 11 is 5.62. The molecule has 0 heterocycles. The quantitative estimate of drug-likeness (QED) is 0.697. The predicted octanol–water partition coefficient (Wildman–Crippen LogP) is 5.48. The second-order valence-electron chi connectivity index (χ2n) is 4.39. The molecular formula is C15H13BrS. The average molecular weight is 305 g/mol. The van der Waals surface area contributed by atoms with Crippen molar-refractivity contribution >= 4 is 33.8 Å². The maximum atomic E-state index is 3.63. The van der Waals surface area contributed by atoms with E-state index in [1.807, 2.05) is 11.8 Å². The first-order valence-electron chi connectivity index (χ1n) is 5.74. The Hall–Kier alpha value is -0.730. The second-order valence-corrected chi connectivity index (χ2v) is 6.48. The molecule has 0 N–H and O–H groups in total. The lowest BCUT2D eigenvalue weighted by Crippen LogP contribution is -1.92. The molecule has 2 aliphatic rings. The Morgan fingerprint density at radius 2 is 2.24 bits per heavy atom. The van der Waals surface area contributed by atoms with Gasteiger partial charge in [0, 0.05) is 4.47 Å². The van der Waals surface area contributed by atoms with Crippen molar-refractivity contribution in [2.75, 3.05) is 0 Å². The van der Waals surface area contributed by atoms with Crippen molar-refractivity contribution in [3.8, 4) is 0 Å². The standard InChI is InChI=1S/C15H13BrS/c1-10-9-13-12(7-4-8-14(13)16)15(10)17-11-5-2-3-6-11/h2-5,7-9,15H,6H2,1H3. The Morgan fingerprint density at radius 3 is 3.00 bits per heavy atom. The number of allylic oxidation sites excluding steroid dienone is 4. The number of halogens is 1. The SMILES string of the molecule is CC1=Cc2c(Br)cccc2C1SC1=CC=CC1. The van der Waals surface area contributed by atoms with E-state index in [2.05, 4.69) is 65.4 Å². The van der Waals surface area contributed by atoms with Gasteiger partial charge in [-0.05, 0) is 35.4 Å². The van der Waals surface area contributed by atoms with E-state index in [9.17, 15) is 0 Å². The second kappa shape index (κ2) is 4.51. The number of fused-ring (bicyclic) bond motifs is 1. The van der Waals surface area contributed by atoms with Gasteiger partial charge in [0.25, 0.3) is 0 Å². The van der Waals surface area contributed by atoms with Gasteiger partial charge in [0.15, 0.2) is 0 Å². The minimum atomic E-state index is 0.494. The van der Waals surface area contributed by atoms with Crippen LogP contribution in [0.15, 0.2) is 51.4 Å². The van der Waals surface area contributed by atoms with Crippen molar-refractivity contribution in [3.63, 3.8) is 0 Å². The van der Waals surface area contributed by atoms with Gasteiger partial charge >= 0.3 is 0 Å². The van der Waals surface area contributed by atoms with E-state index >= 15 is 0 Å². The van der Waals surface area contributed by atoms with Crippen LogP contribution in [0.25, 0.3) is 6.08 Å². The molecule has 0 amide bonds. The number of benzene rings is 1. The van der Waals surface area contributed by atoms with E-state index in [0.29, 0.717) is 5.25 Å². The first-order valence-corrected chi connectivity index (χ1v) is 7.42. The minimum Gasteiger partial charge on any atom is -0.118 e. The van der Waals surface area contributed by atoms with Crippen LogP contribution < -0.4 is 0 Å². The summed E-state index contributed by atoms with van der Waals surface area (Å²) in [6, 6.07) is 6.49. The maximum Gasteiger partial charge on any atom is 0.0557 e. The third kappa shape index (κ3) is 2.04. The molecule has 86 valence electrons. The van der Waals surface area contributed by atoms with E-state index in [1.165, 1.54) is 26.1 Å². The Kier molecular flexibility index (Phi) is 3.01. The molecule has 1 aromatic rings.